The molecule has 1 aliphatic rings. The minimum absolute atomic E-state index is 0.215. The highest BCUT2D eigenvalue weighted by atomic mass is 19.1. The molecule has 1 saturated heterocycles. The fourth-order valence-corrected chi connectivity index (χ4v) is 2.98. The van der Waals surface area contributed by atoms with Gasteiger partial charge in [0.1, 0.15) is 11.6 Å². The van der Waals surface area contributed by atoms with Crippen LogP contribution in [-0.2, 0) is 0 Å². The number of carbonyl (C=O) groups excluding carboxylic acids is 1. The van der Waals surface area contributed by atoms with Gasteiger partial charge in [-0.2, -0.15) is 0 Å². The van der Waals surface area contributed by atoms with Gasteiger partial charge in [0.2, 0.25) is 0 Å². The molecule has 1 amide bonds. The highest BCUT2D eigenvalue weighted by molar-refractivity contribution is 5.94. The zero-order valence-corrected chi connectivity index (χ0v) is 15.0. The van der Waals surface area contributed by atoms with Crippen LogP contribution in [0.5, 0.6) is 0 Å². The van der Waals surface area contributed by atoms with Gasteiger partial charge in [0.25, 0.3) is 5.91 Å². The van der Waals surface area contributed by atoms with E-state index in [1.54, 1.807) is 11.1 Å². The Morgan fingerprint density at radius 1 is 1.00 bits per heavy atom. The summed E-state index contributed by atoms with van der Waals surface area (Å²) in [5, 5.41) is 11.5. The molecule has 0 atom stereocenters. The van der Waals surface area contributed by atoms with Crippen LogP contribution in [0.4, 0.5) is 21.8 Å². The fraction of sp³-hybridized carbons (Fsp3) is 0.211. The average molecular weight is 379 g/mol. The molecule has 1 fully saturated rings. The maximum atomic E-state index is 13.3. The van der Waals surface area contributed by atoms with E-state index in [4.69, 9.17) is 0 Å². The summed E-state index contributed by atoms with van der Waals surface area (Å²) in [5.74, 6) is 1.32. The van der Waals surface area contributed by atoms with E-state index >= 15 is 0 Å². The molecule has 28 heavy (non-hydrogen) atoms. The molecule has 0 spiro atoms. The van der Waals surface area contributed by atoms with Gasteiger partial charge in [-0.25, -0.2) is 9.37 Å². The van der Waals surface area contributed by atoms with Crippen molar-refractivity contribution in [3.63, 3.8) is 0 Å². The SMILES string of the molecule is O=C(c1cncc(F)c1)N1CCN(c2ccc(Nc3ccccn3)nn2)CC1. The quantitative estimate of drug-likeness (QED) is 0.743. The first kappa shape index (κ1) is 17.8. The van der Waals surface area contributed by atoms with Crippen molar-refractivity contribution >= 4 is 23.4 Å². The largest absolute Gasteiger partial charge is 0.352 e. The molecule has 8 nitrogen and oxygen atoms in total. The van der Waals surface area contributed by atoms with Crippen LogP contribution in [-0.4, -0.2) is 57.2 Å². The van der Waals surface area contributed by atoms with Crippen LogP contribution in [0.25, 0.3) is 0 Å². The van der Waals surface area contributed by atoms with Crippen molar-refractivity contribution in [3.05, 3.63) is 66.4 Å². The number of hydrogen-bond acceptors (Lipinski definition) is 7. The molecule has 0 radical (unpaired) electrons. The van der Waals surface area contributed by atoms with Crippen LogP contribution < -0.4 is 10.2 Å². The van der Waals surface area contributed by atoms with Crippen LogP contribution in [0.3, 0.4) is 0 Å². The zero-order chi connectivity index (χ0) is 19.3. The summed E-state index contributed by atoms with van der Waals surface area (Å²) in [6.07, 6.45) is 4.17. The second kappa shape index (κ2) is 7.95. The first-order chi connectivity index (χ1) is 13.7. The maximum absolute atomic E-state index is 13.3. The number of hydrogen-bond donors (Lipinski definition) is 1. The van der Waals surface area contributed by atoms with Crippen molar-refractivity contribution < 1.29 is 9.18 Å². The molecule has 3 aromatic rings. The van der Waals surface area contributed by atoms with E-state index < -0.39 is 5.82 Å². The maximum Gasteiger partial charge on any atom is 0.255 e. The number of halogens is 1. The van der Waals surface area contributed by atoms with Gasteiger partial charge in [0.15, 0.2) is 11.6 Å². The zero-order valence-electron chi connectivity index (χ0n) is 15.0. The van der Waals surface area contributed by atoms with Gasteiger partial charge in [0, 0.05) is 38.6 Å². The molecular weight excluding hydrogens is 361 g/mol. The molecule has 0 bridgehead atoms. The predicted molar refractivity (Wildman–Crippen MR) is 102 cm³/mol. The molecule has 4 rings (SSSR count). The molecule has 1 N–H and O–H groups in total. The third-order valence-corrected chi connectivity index (χ3v) is 4.41. The fourth-order valence-electron chi connectivity index (χ4n) is 2.98. The summed E-state index contributed by atoms with van der Waals surface area (Å²) < 4.78 is 13.3. The lowest BCUT2D eigenvalue weighted by Crippen LogP contribution is -2.49. The number of piperazine rings is 1. The Bertz CT molecular complexity index is 944. The third kappa shape index (κ3) is 4.03. The molecular formula is C19H18FN7O. The molecule has 0 aromatic carbocycles. The Hall–Kier alpha value is -3.62. The smallest absolute Gasteiger partial charge is 0.255 e. The van der Waals surface area contributed by atoms with Crippen molar-refractivity contribution in [2.24, 2.45) is 0 Å². The van der Waals surface area contributed by atoms with E-state index in [0.29, 0.717) is 37.8 Å². The second-order valence-corrected chi connectivity index (χ2v) is 6.29. The lowest BCUT2D eigenvalue weighted by Gasteiger charge is -2.35. The summed E-state index contributed by atoms with van der Waals surface area (Å²) in [6, 6.07) is 10.5. The van der Waals surface area contributed by atoms with Crippen molar-refractivity contribution in [3.8, 4) is 0 Å². The lowest BCUT2D eigenvalue weighted by atomic mass is 10.2. The van der Waals surface area contributed by atoms with E-state index in [1.165, 1.54) is 12.3 Å². The Kier molecular flexibility index (Phi) is 5.05. The molecule has 0 unspecified atom stereocenters. The van der Waals surface area contributed by atoms with Gasteiger partial charge in [-0.3, -0.25) is 9.78 Å². The Morgan fingerprint density at radius 3 is 2.54 bits per heavy atom. The van der Waals surface area contributed by atoms with Crippen molar-refractivity contribution in [1.82, 2.24) is 25.1 Å². The van der Waals surface area contributed by atoms with Crippen LogP contribution in [0, 0.1) is 5.82 Å². The number of aromatic nitrogens is 4. The number of rotatable bonds is 4. The van der Waals surface area contributed by atoms with Crippen LogP contribution >= 0.6 is 0 Å². The second-order valence-electron chi connectivity index (χ2n) is 6.29. The van der Waals surface area contributed by atoms with Gasteiger partial charge in [-0.05, 0) is 30.3 Å². The molecule has 3 aromatic heterocycles. The van der Waals surface area contributed by atoms with Crippen molar-refractivity contribution in [2.75, 3.05) is 36.4 Å². The topological polar surface area (TPSA) is 87.1 Å². The van der Waals surface area contributed by atoms with Crippen molar-refractivity contribution in [1.29, 1.82) is 0 Å². The number of carbonyl (C=O) groups is 1. The Labute approximate surface area is 161 Å². The van der Waals surface area contributed by atoms with E-state index in [9.17, 15) is 9.18 Å². The van der Waals surface area contributed by atoms with E-state index in [2.05, 4.69) is 30.4 Å². The standard InChI is InChI=1S/C19H18FN7O/c20-15-11-14(12-21-13-15)19(28)27-9-7-26(8-10-27)18-5-4-17(24-25-18)23-16-3-1-2-6-22-16/h1-6,11-13H,7-10H2,(H,22,23,24). The van der Waals surface area contributed by atoms with E-state index in [0.717, 1.165) is 12.0 Å². The summed E-state index contributed by atoms with van der Waals surface area (Å²) in [6.45, 7) is 2.28. The van der Waals surface area contributed by atoms with E-state index in [-0.39, 0.29) is 11.5 Å². The highest BCUT2D eigenvalue weighted by Crippen LogP contribution is 2.17. The van der Waals surface area contributed by atoms with Crippen LogP contribution in [0.1, 0.15) is 10.4 Å². The number of amides is 1. The summed E-state index contributed by atoms with van der Waals surface area (Å²) in [5.41, 5.74) is 0.262. The summed E-state index contributed by atoms with van der Waals surface area (Å²) in [7, 11) is 0. The number of pyridine rings is 2. The summed E-state index contributed by atoms with van der Waals surface area (Å²) >= 11 is 0. The van der Waals surface area contributed by atoms with Gasteiger partial charge < -0.3 is 15.1 Å². The number of nitrogens with one attached hydrogen (secondary N) is 1. The number of nitrogens with zero attached hydrogens (tertiary/aromatic N) is 6. The molecule has 9 heteroatoms. The monoisotopic (exact) mass is 379 g/mol. The molecule has 0 saturated carbocycles. The first-order valence-corrected chi connectivity index (χ1v) is 8.85. The first-order valence-electron chi connectivity index (χ1n) is 8.85. The summed E-state index contributed by atoms with van der Waals surface area (Å²) in [4.78, 5) is 24.2. The van der Waals surface area contributed by atoms with Gasteiger partial charge in [0.05, 0.1) is 11.8 Å². The van der Waals surface area contributed by atoms with Gasteiger partial charge >= 0.3 is 0 Å². The molecule has 142 valence electrons. The average Bonchev–Trinajstić information content (AvgIpc) is 2.75. The normalized spacial score (nSPS) is 14.0. The number of anilines is 3. The predicted octanol–water partition coefficient (Wildman–Crippen LogP) is 2.11. The van der Waals surface area contributed by atoms with Crippen molar-refractivity contribution in [2.45, 2.75) is 0 Å². The molecule has 4 heterocycles. The Balaban J connectivity index is 1.35. The minimum atomic E-state index is -0.515. The van der Waals surface area contributed by atoms with Crippen LogP contribution in [0.2, 0.25) is 0 Å². The third-order valence-electron chi connectivity index (χ3n) is 4.41. The van der Waals surface area contributed by atoms with Gasteiger partial charge in [-0.1, -0.05) is 6.07 Å². The molecule has 0 aliphatic carbocycles. The minimum Gasteiger partial charge on any atom is -0.352 e. The Morgan fingerprint density at radius 2 is 1.86 bits per heavy atom. The van der Waals surface area contributed by atoms with Gasteiger partial charge in [-0.15, -0.1) is 10.2 Å². The molecule has 1 aliphatic heterocycles. The highest BCUT2D eigenvalue weighted by Gasteiger charge is 2.23. The van der Waals surface area contributed by atoms with E-state index in [1.807, 2.05) is 30.3 Å². The lowest BCUT2D eigenvalue weighted by molar-refractivity contribution is 0.0745. The van der Waals surface area contributed by atoms with Crippen LogP contribution in [0.15, 0.2) is 55.0 Å².